The van der Waals surface area contributed by atoms with Crippen molar-refractivity contribution < 1.29 is 9.53 Å². The Kier molecular flexibility index (Phi) is 6.02. The molecular formula is C16H24N2O2. The Morgan fingerprint density at radius 1 is 1.40 bits per heavy atom. The summed E-state index contributed by atoms with van der Waals surface area (Å²) < 4.78 is 5.56. The molecule has 1 aliphatic rings. The molecule has 1 fully saturated rings. The third-order valence-electron chi connectivity index (χ3n) is 3.60. The SMILES string of the molecule is CCCN(C(=O)COCc1ccccc1)C1CCNC1. The molecule has 2 rings (SSSR count). The van der Waals surface area contributed by atoms with Crippen LogP contribution in [0.4, 0.5) is 0 Å². The molecule has 0 radical (unpaired) electrons. The van der Waals surface area contributed by atoms with Gasteiger partial charge < -0.3 is 15.0 Å². The average Bonchev–Trinajstić information content (AvgIpc) is 2.99. The Labute approximate surface area is 121 Å². The number of hydrogen-bond donors (Lipinski definition) is 1. The Balaban J connectivity index is 1.79. The highest BCUT2D eigenvalue weighted by atomic mass is 16.5. The van der Waals surface area contributed by atoms with Gasteiger partial charge in [-0.2, -0.15) is 0 Å². The third-order valence-corrected chi connectivity index (χ3v) is 3.60. The summed E-state index contributed by atoms with van der Waals surface area (Å²) in [6.07, 6.45) is 2.03. The van der Waals surface area contributed by atoms with Crippen molar-refractivity contribution in [1.82, 2.24) is 10.2 Å². The van der Waals surface area contributed by atoms with E-state index in [0.29, 0.717) is 12.6 Å². The summed E-state index contributed by atoms with van der Waals surface area (Å²) in [6.45, 7) is 5.50. The van der Waals surface area contributed by atoms with Crippen LogP contribution in [-0.2, 0) is 16.1 Å². The first-order valence-electron chi connectivity index (χ1n) is 7.43. The fourth-order valence-electron chi connectivity index (χ4n) is 2.57. The van der Waals surface area contributed by atoms with Gasteiger partial charge in [0.1, 0.15) is 6.61 Å². The number of carbonyl (C=O) groups is 1. The molecule has 1 atom stereocenters. The number of hydrogen-bond acceptors (Lipinski definition) is 3. The molecule has 1 aromatic carbocycles. The smallest absolute Gasteiger partial charge is 0.248 e. The van der Waals surface area contributed by atoms with Crippen LogP contribution in [0.1, 0.15) is 25.3 Å². The zero-order chi connectivity index (χ0) is 14.2. The maximum absolute atomic E-state index is 12.3. The fraction of sp³-hybridized carbons (Fsp3) is 0.562. The summed E-state index contributed by atoms with van der Waals surface area (Å²) in [5, 5.41) is 3.31. The van der Waals surface area contributed by atoms with Gasteiger partial charge in [0.05, 0.1) is 6.61 Å². The topological polar surface area (TPSA) is 41.6 Å². The van der Waals surface area contributed by atoms with Gasteiger partial charge >= 0.3 is 0 Å². The van der Waals surface area contributed by atoms with Gasteiger partial charge in [-0.15, -0.1) is 0 Å². The summed E-state index contributed by atoms with van der Waals surface area (Å²) in [6, 6.07) is 10.3. The predicted molar refractivity (Wildman–Crippen MR) is 79.4 cm³/mol. The lowest BCUT2D eigenvalue weighted by Crippen LogP contribution is -2.43. The summed E-state index contributed by atoms with van der Waals surface area (Å²) in [7, 11) is 0. The molecule has 0 spiro atoms. The minimum Gasteiger partial charge on any atom is -0.367 e. The molecule has 4 heteroatoms. The molecule has 1 heterocycles. The van der Waals surface area contributed by atoms with E-state index in [1.165, 1.54) is 0 Å². The van der Waals surface area contributed by atoms with Crippen LogP contribution in [0.2, 0.25) is 0 Å². The molecule has 1 saturated heterocycles. The van der Waals surface area contributed by atoms with E-state index in [-0.39, 0.29) is 12.5 Å². The minimum absolute atomic E-state index is 0.108. The van der Waals surface area contributed by atoms with Crippen molar-refractivity contribution in [3.63, 3.8) is 0 Å². The van der Waals surface area contributed by atoms with Gasteiger partial charge in [0.15, 0.2) is 0 Å². The number of carbonyl (C=O) groups excluding carboxylic acids is 1. The monoisotopic (exact) mass is 276 g/mol. The van der Waals surface area contributed by atoms with Gasteiger partial charge in [0.25, 0.3) is 0 Å². The number of nitrogens with zero attached hydrogens (tertiary/aromatic N) is 1. The maximum Gasteiger partial charge on any atom is 0.248 e. The molecule has 4 nitrogen and oxygen atoms in total. The second-order valence-corrected chi connectivity index (χ2v) is 5.21. The van der Waals surface area contributed by atoms with Crippen molar-refractivity contribution >= 4 is 5.91 Å². The van der Waals surface area contributed by atoms with E-state index in [1.54, 1.807) is 0 Å². The molecule has 0 aliphatic carbocycles. The zero-order valence-corrected chi connectivity index (χ0v) is 12.2. The van der Waals surface area contributed by atoms with Gasteiger partial charge in [-0.3, -0.25) is 4.79 Å². The van der Waals surface area contributed by atoms with E-state index in [0.717, 1.165) is 38.0 Å². The molecule has 1 amide bonds. The lowest BCUT2D eigenvalue weighted by molar-refractivity contribution is -0.138. The minimum atomic E-state index is 0.108. The van der Waals surface area contributed by atoms with E-state index in [9.17, 15) is 4.79 Å². The van der Waals surface area contributed by atoms with Crippen molar-refractivity contribution in [2.75, 3.05) is 26.2 Å². The molecule has 1 aliphatic heterocycles. The van der Waals surface area contributed by atoms with Crippen molar-refractivity contribution in [3.05, 3.63) is 35.9 Å². The highest BCUT2D eigenvalue weighted by molar-refractivity contribution is 5.77. The van der Waals surface area contributed by atoms with Gasteiger partial charge in [-0.05, 0) is 24.9 Å². The molecule has 0 saturated carbocycles. The van der Waals surface area contributed by atoms with Gasteiger partial charge in [0, 0.05) is 19.1 Å². The summed E-state index contributed by atoms with van der Waals surface area (Å²) in [4.78, 5) is 14.3. The van der Waals surface area contributed by atoms with Crippen LogP contribution in [0.5, 0.6) is 0 Å². The summed E-state index contributed by atoms with van der Waals surface area (Å²) >= 11 is 0. The van der Waals surface area contributed by atoms with Crippen LogP contribution in [-0.4, -0.2) is 43.1 Å². The quantitative estimate of drug-likeness (QED) is 0.826. The lowest BCUT2D eigenvalue weighted by Gasteiger charge is -2.28. The Morgan fingerprint density at radius 2 is 2.20 bits per heavy atom. The van der Waals surface area contributed by atoms with Crippen LogP contribution in [0.15, 0.2) is 30.3 Å². The molecule has 1 aromatic rings. The molecule has 1 N–H and O–H groups in total. The van der Waals surface area contributed by atoms with Crippen LogP contribution in [0.3, 0.4) is 0 Å². The molecular weight excluding hydrogens is 252 g/mol. The number of nitrogens with one attached hydrogen (secondary N) is 1. The Morgan fingerprint density at radius 3 is 2.85 bits per heavy atom. The first kappa shape index (κ1) is 15.0. The predicted octanol–water partition coefficient (Wildman–Crippen LogP) is 1.80. The average molecular weight is 276 g/mol. The molecule has 0 aromatic heterocycles. The highest BCUT2D eigenvalue weighted by Crippen LogP contribution is 2.10. The van der Waals surface area contributed by atoms with Gasteiger partial charge in [-0.1, -0.05) is 37.3 Å². The standard InChI is InChI=1S/C16H24N2O2/c1-2-10-18(15-8-9-17-11-15)16(19)13-20-12-14-6-4-3-5-7-14/h3-7,15,17H,2,8-13H2,1H3. The van der Waals surface area contributed by atoms with Gasteiger partial charge in [-0.25, -0.2) is 0 Å². The Hall–Kier alpha value is -1.39. The van der Waals surface area contributed by atoms with Crippen molar-refractivity contribution in [1.29, 1.82) is 0 Å². The second-order valence-electron chi connectivity index (χ2n) is 5.21. The highest BCUT2D eigenvalue weighted by Gasteiger charge is 2.25. The third kappa shape index (κ3) is 4.32. The number of amides is 1. The Bertz CT molecular complexity index is 402. The summed E-state index contributed by atoms with van der Waals surface area (Å²) in [5.41, 5.74) is 1.10. The van der Waals surface area contributed by atoms with Gasteiger partial charge in [0.2, 0.25) is 5.91 Å². The van der Waals surface area contributed by atoms with Crippen LogP contribution >= 0.6 is 0 Å². The van der Waals surface area contributed by atoms with E-state index in [1.807, 2.05) is 35.2 Å². The van der Waals surface area contributed by atoms with E-state index >= 15 is 0 Å². The van der Waals surface area contributed by atoms with Crippen LogP contribution < -0.4 is 5.32 Å². The van der Waals surface area contributed by atoms with Crippen LogP contribution in [0.25, 0.3) is 0 Å². The van der Waals surface area contributed by atoms with Crippen molar-refractivity contribution in [3.8, 4) is 0 Å². The second kappa shape index (κ2) is 8.02. The van der Waals surface area contributed by atoms with Crippen molar-refractivity contribution in [2.24, 2.45) is 0 Å². The van der Waals surface area contributed by atoms with Crippen LogP contribution in [0, 0.1) is 0 Å². The number of ether oxygens (including phenoxy) is 1. The molecule has 1 unspecified atom stereocenters. The zero-order valence-electron chi connectivity index (χ0n) is 12.2. The molecule has 0 bridgehead atoms. The number of rotatable bonds is 7. The first-order valence-corrected chi connectivity index (χ1v) is 7.43. The van der Waals surface area contributed by atoms with E-state index in [2.05, 4.69) is 12.2 Å². The van der Waals surface area contributed by atoms with E-state index in [4.69, 9.17) is 4.74 Å². The molecule has 110 valence electrons. The van der Waals surface area contributed by atoms with Crippen molar-refractivity contribution in [2.45, 2.75) is 32.4 Å². The molecule has 20 heavy (non-hydrogen) atoms. The lowest BCUT2D eigenvalue weighted by atomic mass is 10.2. The summed E-state index contributed by atoms with van der Waals surface area (Å²) in [5.74, 6) is 0.108. The van der Waals surface area contributed by atoms with E-state index < -0.39 is 0 Å². The normalized spacial score (nSPS) is 18.1. The number of benzene rings is 1. The fourth-order valence-corrected chi connectivity index (χ4v) is 2.57. The first-order chi connectivity index (χ1) is 9.81. The largest absolute Gasteiger partial charge is 0.367 e. The maximum atomic E-state index is 12.3.